The zero-order valence-electron chi connectivity index (χ0n) is 15.6. The van der Waals surface area contributed by atoms with Gasteiger partial charge in [-0.05, 0) is 37.9 Å². The minimum atomic E-state index is -0.593. The van der Waals surface area contributed by atoms with E-state index in [4.69, 9.17) is 4.42 Å². The summed E-state index contributed by atoms with van der Waals surface area (Å²) < 4.78 is 33.4. The van der Waals surface area contributed by atoms with E-state index >= 15 is 0 Å². The van der Waals surface area contributed by atoms with E-state index in [2.05, 4.69) is 15.2 Å². The van der Waals surface area contributed by atoms with Crippen molar-refractivity contribution in [3.05, 3.63) is 47.0 Å². The molecule has 1 N–H and O–H groups in total. The third-order valence-corrected chi connectivity index (χ3v) is 4.72. The predicted octanol–water partition coefficient (Wildman–Crippen LogP) is 4.27. The molecule has 0 radical (unpaired) electrons. The number of nitriles is 1. The van der Waals surface area contributed by atoms with E-state index in [-0.39, 0.29) is 11.7 Å². The van der Waals surface area contributed by atoms with E-state index < -0.39 is 11.6 Å². The molecule has 0 spiro atoms. The van der Waals surface area contributed by atoms with Crippen molar-refractivity contribution in [3.8, 4) is 6.07 Å². The molecule has 2 heterocycles. The first-order valence-corrected chi connectivity index (χ1v) is 9.30. The maximum atomic E-state index is 14.4. The largest absolute Gasteiger partial charge is 0.424 e. The fourth-order valence-electron chi connectivity index (χ4n) is 3.45. The van der Waals surface area contributed by atoms with Crippen molar-refractivity contribution in [2.75, 3.05) is 25.0 Å². The average Bonchev–Trinajstić information content (AvgIpc) is 3.26. The van der Waals surface area contributed by atoms with E-state index in [9.17, 15) is 14.0 Å². The van der Waals surface area contributed by atoms with Gasteiger partial charge >= 0.3 is 0 Å². The van der Waals surface area contributed by atoms with Crippen LogP contribution in [0.1, 0.15) is 49.9 Å². The second kappa shape index (κ2) is 8.49. The summed E-state index contributed by atoms with van der Waals surface area (Å²) in [6.45, 7) is 6.13. The number of anilines is 1. The van der Waals surface area contributed by atoms with Crippen LogP contribution in [-0.4, -0.2) is 29.5 Å². The maximum Gasteiger partial charge on any atom is 0.232 e. The Morgan fingerprint density at radius 2 is 2.04 bits per heavy atom. The van der Waals surface area contributed by atoms with Gasteiger partial charge in [0.15, 0.2) is 5.89 Å². The maximum absolute atomic E-state index is 14.4. The van der Waals surface area contributed by atoms with Gasteiger partial charge in [-0.2, -0.15) is 5.26 Å². The summed E-state index contributed by atoms with van der Waals surface area (Å²) >= 11 is 0. The lowest BCUT2D eigenvalue weighted by Gasteiger charge is -2.28. The van der Waals surface area contributed by atoms with Gasteiger partial charge in [0.05, 0.1) is 6.04 Å². The third kappa shape index (κ3) is 4.64. The summed E-state index contributed by atoms with van der Waals surface area (Å²) in [5, 5.41) is 12.4. The molecule has 3 rings (SSSR count). The first-order chi connectivity index (χ1) is 13.0. The normalized spacial score (nSPS) is 15.9. The molecule has 1 aliphatic heterocycles. The second-order valence-electron chi connectivity index (χ2n) is 7.30. The van der Waals surface area contributed by atoms with Crippen LogP contribution in [0.3, 0.4) is 0 Å². The van der Waals surface area contributed by atoms with Crippen molar-refractivity contribution in [2.24, 2.45) is 5.92 Å². The molecule has 27 heavy (non-hydrogen) atoms. The van der Waals surface area contributed by atoms with Crippen LogP contribution in [0.25, 0.3) is 0 Å². The number of benzene rings is 1. The fraction of sp³-hybridized carbons (Fsp3) is 0.500. The molecule has 144 valence electrons. The number of rotatable bonds is 7. The minimum Gasteiger partial charge on any atom is -0.424 e. The molecule has 1 aromatic heterocycles. The molecule has 5 nitrogen and oxygen atoms in total. The lowest BCUT2D eigenvalue weighted by molar-refractivity contribution is 0.249. The van der Waals surface area contributed by atoms with Crippen molar-refractivity contribution in [2.45, 2.75) is 39.2 Å². The van der Waals surface area contributed by atoms with Crippen molar-refractivity contribution in [1.82, 2.24) is 9.88 Å². The Hall–Kier alpha value is -2.46. The Labute approximate surface area is 158 Å². The smallest absolute Gasteiger partial charge is 0.232 e. The predicted molar refractivity (Wildman–Crippen MR) is 98.2 cm³/mol. The molecule has 1 atom stereocenters. The van der Waals surface area contributed by atoms with Gasteiger partial charge in [-0.15, -0.1) is 0 Å². The Bertz CT molecular complexity index is 822. The molecule has 1 fully saturated rings. The highest BCUT2D eigenvalue weighted by Gasteiger charge is 2.27. The molecule has 1 saturated heterocycles. The SMILES string of the molecule is CC(C)Cc1nc(C#N)c(NCC(c2ccc(F)cc2F)N2CCCC2)o1. The van der Waals surface area contributed by atoms with Gasteiger partial charge in [-0.25, -0.2) is 13.8 Å². The summed E-state index contributed by atoms with van der Waals surface area (Å²) in [7, 11) is 0. The Balaban J connectivity index is 1.81. The first kappa shape index (κ1) is 19.3. The van der Waals surface area contributed by atoms with Gasteiger partial charge < -0.3 is 9.73 Å². The molecule has 2 aromatic rings. The number of oxazole rings is 1. The van der Waals surface area contributed by atoms with E-state index in [1.165, 1.54) is 12.1 Å². The van der Waals surface area contributed by atoms with E-state index in [0.29, 0.717) is 36.2 Å². The van der Waals surface area contributed by atoms with Crippen molar-refractivity contribution in [1.29, 1.82) is 5.26 Å². The van der Waals surface area contributed by atoms with Crippen LogP contribution in [0.5, 0.6) is 0 Å². The highest BCUT2D eigenvalue weighted by atomic mass is 19.1. The van der Waals surface area contributed by atoms with Gasteiger partial charge in [-0.1, -0.05) is 19.9 Å². The van der Waals surface area contributed by atoms with Gasteiger partial charge in [0, 0.05) is 24.6 Å². The zero-order valence-corrected chi connectivity index (χ0v) is 15.6. The van der Waals surface area contributed by atoms with Crippen LogP contribution in [0.2, 0.25) is 0 Å². The van der Waals surface area contributed by atoms with Gasteiger partial charge in [0.25, 0.3) is 0 Å². The van der Waals surface area contributed by atoms with Crippen LogP contribution in [-0.2, 0) is 6.42 Å². The van der Waals surface area contributed by atoms with Crippen LogP contribution in [0.15, 0.2) is 22.6 Å². The highest BCUT2D eigenvalue weighted by molar-refractivity contribution is 5.45. The zero-order chi connectivity index (χ0) is 19.4. The Morgan fingerprint density at radius 1 is 1.30 bits per heavy atom. The van der Waals surface area contributed by atoms with Gasteiger partial charge in [0.2, 0.25) is 11.6 Å². The summed E-state index contributed by atoms with van der Waals surface area (Å²) in [4.78, 5) is 6.39. The summed E-state index contributed by atoms with van der Waals surface area (Å²) in [6, 6.07) is 5.43. The molecule has 1 unspecified atom stereocenters. The number of hydrogen-bond donors (Lipinski definition) is 1. The van der Waals surface area contributed by atoms with Crippen LogP contribution in [0, 0.1) is 28.9 Å². The fourth-order valence-corrected chi connectivity index (χ4v) is 3.45. The van der Waals surface area contributed by atoms with Gasteiger partial charge in [-0.3, -0.25) is 4.90 Å². The number of nitrogens with one attached hydrogen (secondary N) is 1. The van der Waals surface area contributed by atoms with Crippen LogP contribution in [0.4, 0.5) is 14.7 Å². The van der Waals surface area contributed by atoms with Gasteiger partial charge in [0.1, 0.15) is 17.7 Å². The van der Waals surface area contributed by atoms with Crippen LogP contribution < -0.4 is 5.32 Å². The lowest BCUT2D eigenvalue weighted by atomic mass is 10.0. The number of likely N-dealkylation sites (tertiary alicyclic amines) is 1. The molecule has 0 bridgehead atoms. The third-order valence-electron chi connectivity index (χ3n) is 4.72. The molecule has 1 aromatic carbocycles. The topological polar surface area (TPSA) is 65.1 Å². The highest BCUT2D eigenvalue weighted by Crippen LogP contribution is 2.29. The van der Waals surface area contributed by atoms with Crippen LogP contribution >= 0.6 is 0 Å². The van der Waals surface area contributed by atoms with E-state index in [0.717, 1.165) is 32.0 Å². The van der Waals surface area contributed by atoms with Crippen molar-refractivity contribution < 1.29 is 13.2 Å². The molecular weight excluding hydrogens is 350 g/mol. The minimum absolute atomic E-state index is 0.199. The summed E-state index contributed by atoms with van der Waals surface area (Å²) in [6.07, 6.45) is 2.73. The molecule has 7 heteroatoms. The van der Waals surface area contributed by atoms with Crippen molar-refractivity contribution >= 4 is 5.88 Å². The number of hydrogen-bond acceptors (Lipinski definition) is 5. The molecule has 0 amide bonds. The number of halogens is 2. The van der Waals surface area contributed by atoms with E-state index in [1.807, 2.05) is 19.9 Å². The Morgan fingerprint density at radius 3 is 2.67 bits per heavy atom. The Kier molecular flexibility index (Phi) is 6.07. The van der Waals surface area contributed by atoms with E-state index in [1.54, 1.807) is 0 Å². The standard InChI is InChI=1S/C20H24F2N4O/c1-13(2)9-19-25-17(11-23)20(27-19)24-12-18(26-7-3-4-8-26)15-6-5-14(21)10-16(15)22/h5-6,10,13,18,24H,3-4,7-9,12H2,1-2H3. The number of aromatic nitrogens is 1. The molecule has 1 aliphatic rings. The second-order valence-corrected chi connectivity index (χ2v) is 7.30. The molecule has 0 aliphatic carbocycles. The average molecular weight is 374 g/mol. The molecular formula is C20H24F2N4O. The number of nitrogens with zero attached hydrogens (tertiary/aromatic N) is 3. The first-order valence-electron chi connectivity index (χ1n) is 9.30. The van der Waals surface area contributed by atoms with Crippen molar-refractivity contribution in [3.63, 3.8) is 0 Å². The summed E-state index contributed by atoms with van der Waals surface area (Å²) in [5.74, 6) is 0.0142. The quantitative estimate of drug-likeness (QED) is 0.784. The monoisotopic (exact) mass is 374 g/mol. The summed E-state index contributed by atoms with van der Waals surface area (Å²) in [5.41, 5.74) is 0.636. The molecule has 0 saturated carbocycles. The lowest BCUT2D eigenvalue weighted by Crippen LogP contribution is -2.31.